The second-order valence-corrected chi connectivity index (χ2v) is 7.15. The molecule has 1 aromatic carbocycles. The summed E-state index contributed by atoms with van der Waals surface area (Å²) in [5.41, 5.74) is 1.97. The molecule has 4 rings (SSSR count). The number of hydrogen-bond donors (Lipinski definition) is 3. The molecule has 1 fully saturated rings. The lowest BCUT2D eigenvalue weighted by Crippen LogP contribution is -2.38. The topological polar surface area (TPSA) is 90.6 Å². The summed E-state index contributed by atoms with van der Waals surface area (Å²) in [5.74, 6) is 1.05. The third-order valence-electron chi connectivity index (χ3n) is 4.92. The van der Waals surface area contributed by atoms with Gasteiger partial charge in [0.25, 0.3) is 11.5 Å². The Morgan fingerprint density at radius 1 is 1.27 bits per heavy atom. The fourth-order valence-electron chi connectivity index (χ4n) is 3.59. The molecule has 1 aliphatic rings. The minimum atomic E-state index is -0.397. The zero-order chi connectivity index (χ0) is 18.1. The quantitative estimate of drug-likeness (QED) is 0.660. The molecule has 1 amide bonds. The lowest BCUT2D eigenvalue weighted by atomic mass is 9.85. The first-order valence-electron chi connectivity index (χ1n) is 8.74. The van der Waals surface area contributed by atoms with Gasteiger partial charge in [-0.25, -0.2) is 4.98 Å². The molecule has 2 unspecified atom stereocenters. The van der Waals surface area contributed by atoms with Gasteiger partial charge in [0.15, 0.2) is 0 Å². The molecule has 3 aromatic rings. The molecule has 0 saturated heterocycles. The van der Waals surface area contributed by atoms with Gasteiger partial charge in [0.1, 0.15) is 10.8 Å². The minimum Gasteiger partial charge on any atom is -0.349 e. The number of aromatic nitrogens is 3. The number of hydrogen-bond acceptors (Lipinski definition) is 3. The zero-order valence-electron chi connectivity index (χ0n) is 14.1. The number of halogens is 1. The Bertz CT molecular complexity index is 977. The SMILES string of the molecule is O=C(NC1CCCC(c2nc3ccccc3[nH]2)C1)c1c[nH]c(=O)c(Cl)c1. The Balaban J connectivity index is 1.47. The van der Waals surface area contributed by atoms with Crippen LogP contribution >= 0.6 is 11.6 Å². The van der Waals surface area contributed by atoms with Crippen molar-refractivity contribution in [3.63, 3.8) is 0 Å². The smallest absolute Gasteiger partial charge is 0.266 e. The molecule has 2 aromatic heterocycles. The van der Waals surface area contributed by atoms with Gasteiger partial charge in [0.05, 0.1) is 16.6 Å². The molecule has 0 bridgehead atoms. The summed E-state index contributed by atoms with van der Waals surface area (Å²) in [7, 11) is 0. The van der Waals surface area contributed by atoms with Crippen molar-refractivity contribution < 1.29 is 4.79 Å². The van der Waals surface area contributed by atoms with Gasteiger partial charge in [0.2, 0.25) is 0 Å². The van der Waals surface area contributed by atoms with E-state index in [2.05, 4.69) is 15.3 Å². The first kappa shape index (κ1) is 16.8. The van der Waals surface area contributed by atoms with Crippen LogP contribution in [-0.2, 0) is 0 Å². The highest BCUT2D eigenvalue weighted by Gasteiger charge is 2.26. The molecule has 3 N–H and O–H groups in total. The monoisotopic (exact) mass is 370 g/mol. The third kappa shape index (κ3) is 3.37. The summed E-state index contributed by atoms with van der Waals surface area (Å²) < 4.78 is 0. The Morgan fingerprint density at radius 2 is 2.12 bits per heavy atom. The van der Waals surface area contributed by atoms with Crippen molar-refractivity contribution in [2.75, 3.05) is 0 Å². The van der Waals surface area contributed by atoms with Crippen LogP contribution in [0.3, 0.4) is 0 Å². The van der Waals surface area contributed by atoms with E-state index >= 15 is 0 Å². The molecule has 0 aliphatic heterocycles. The van der Waals surface area contributed by atoms with Gasteiger partial charge in [0, 0.05) is 18.2 Å². The Hall–Kier alpha value is -2.60. The van der Waals surface area contributed by atoms with Crippen LogP contribution in [0.1, 0.15) is 47.8 Å². The van der Waals surface area contributed by atoms with E-state index in [-0.39, 0.29) is 17.0 Å². The van der Waals surface area contributed by atoms with Crippen molar-refractivity contribution in [3.8, 4) is 0 Å². The number of pyridine rings is 1. The molecule has 1 saturated carbocycles. The van der Waals surface area contributed by atoms with E-state index in [0.717, 1.165) is 42.5 Å². The summed E-state index contributed by atoms with van der Waals surface area (Å²) >= 11 is 5.81. The molecule has 2 heterocycles. The Kier molecular flexibility index (Phi) is 4.51. The maximum Gasteiger partial charge on any atom is 0.266 e. The summed E-state index contributed by atoms with van der Waals surface area (Å²) in [4.78, 5) is 34.4. The van der Waals surface area contributed by atoms with Crippen LogP contribution in [0, 0.1) is 0 Å². The van der Waals surface area contributed by atoms with Gasteiger partial charge in [-0.3, -0.25) is 9.59 Å². The van der Waals surface area contributed by atoms with Crippen molar-refractivity contribution in [3.05, 3.63) is 63.3 Å². The molecular weight excluding hydrogens is 352 g/mol. The van der Waals surface area contributed by atoms with Crippen LogP contribution in [0.2, 0.25) is 5.02 Å². The number of aromatic amines is 2. The average molecular weight is 371 g/mol. The van der Waals surface area contributed by atoms with Gasteiger partial charge in [-0.1, -0.05) is 30.2 Å². The van der Waals surface area contributed by atoms with Crippen LogP contribution in [-0.4, -0.2) is 26.9 Å². The highest BCUT2D eigenvalue weighted by atomic mass is 35.5. The number of rotatable bonds is 3. The van der Waals surface area contributed by atoms with Crippen LogP contribution in [0.4, 0.5) is 0 Å². The number of para-hydroxylation sites is 2. The second-order valence-electron chi connectivity index (χ2n) is 6.74. The van der Waals surface area contributed by atoms with Gasteiger partial charge in [-0.05, 0) is 37.5 Å². The van der Waals surface area contributed by atoms with E-state index in [1.807, 2.05) is 24.3 Å². The van der Waals surface area contributed by atoms with Crippen LogP contribution < -0.4 is 10.9 Å². The van der Waals surface area contributed by atoms with Crippen molar-refractivity contribution in [2.45, 2.75) is 37.6 Å². The van der Waals surface area contributed by atoms with Crippen molar-refractivity contribution >= 4 is 28.5 Å². The predicted molar refractivity (Wildman–Crippen MR) is 101 cm³/mol. The molecule has 134 valence electrons. The Morgan fingerprint density at radius 3 is 2.92 bits per heavy atom. The van der Waals surface area contributed by atoms with E-state index in [4.69, 9.17) is 16.6 Å². The first-order valence-corrected chi connectivity index (χ1v) is 9.11. The fraction of sp³-hybridized carbons (Fsp3) is 0.316. The van der Waals surface area contributed by atoms with Crippen LogP contribution in [0.5, 0.6) is 0 Å². The normalized spacial score (nSPS) is 20.2. The van der Waals surface area contributed by atoms with Gasteiger partial charge < -0.3 is 15.3 Å². The summed E-state index contributed by atoms with van der Waals surface area (Å²) in [6.07, 6.45) is 5.24. The number of carbonyl (C=O) groups excluding carboxylic acids is 1. The molecule has 0 spiro atoms. The minimum absolute atomic E-state index is 0.0152. The number of nitrogens with zero attached hydrogens (tertiary/aromatic N) is 1. The second kappa shape index (κ2) is 6.96. The van der Waals surface area contributed by atoms with Crippen molar-refractivity contribution in [2.24, 2.45) is 0 Å². The molecule has 26 heavy (non-hydrogen) atoms. The summed E-state index contributed by atoms with van der Waals surface area (Å²) in [6.45, 7) is 0. The summed E-state index contributed by atoms with van der Waals surface area (Å²) in [5, 5.41) is 3.07. The Labute approximate surface area is 155 Å². The molecule has 2 atom stereocenters. The van der Waals surface area contributed by atoms with Crippen LogP contribution in [0.25, 0.3) is 11.0 Å². The number of benzene rings is 1. The van der Waals surface area contributed by atoms with E-state index in [1.54, 1.807) is 0 Å². The highest BCUT2D eigenvalue weighted by Crippen LogP contribution is 2.32. The largest absolute Gasteiger partial charge is 0.349 e. The number of amides is 1. The van der Waals surface area contributed by atoms with E-state index < -0.39 is 5.56 Å². The lowest BCUT2D eigenvalue weighted by Gasteiger charge is -2.28. The fourth-order valence-corrected chi connectivity index (χ4v) is 3.76. The molecule has 7 heteroatoms. The third-order valence-corrected chi connectivity index (χ3v) is 5.20. The number of H-pyrrole nitrogens is 2. The van der Waals surface area contributed by atoms with Crippen molar-refractivity contribution in [1.29, 1.82) is 0 Å². The van der Waals surface area contributed by atoms with Gasteiger partial charge in [-0.15, -0.1) is 0 Å². The number of fused-ring (bicyclic) bond motifs is 1. The molecule has 0 radical (unpaired) electrons. The molecule has 1 aliphatic carbocycles. The number of carbonyl (C=O) groups is 1. The number of imidazole rings is 1. The maximum absolute atomic E-state index is 12.4. The molecular formula is C19H19ClN4O2. The summed E-state index contributed by atoms with van der Waals surface area (Å²) in [6, 6.07) is 9.45. The van der Waals surface area contributed by atoms with E-state index in [9.17, 15) is 9.59 Å². The standard InChI is InChI=1S/C19H19ClN4O2/c20-14-9-12(10-21-19(14)26)18(25)22-13-5-3-4-11(8-13)17-23-15-6-1-2-7-16(15)24-17/h1-2,6-7,9-11,13H,3-5,8H2,(H,21,26)(H,22,25)(H,23,24). The van der Waals surface area contributed by atoms with Gasteiger partial charge >= 0.3 is 0 Å². The first-order chi connectivity index (χ1) is 12.6. The van der Waals surface area contributed by atoms with Crippen LogP contribution in [0.15, 0.2) is 41.3 Å². The number of nitrogens with one attached hydrogen (secondary N) is 3. The van der Waals surface area contributed by atoms with E-state index in [0.29, 0.717) is 11.5 Å². The average Bonchev–Trinajstić information content (AvgIpc) is 3.08. The predicted octanol–water partition coefficient (Wildman–Crippen LogP) is 3.36. The van der Waals surface area contributed by atoms with E-state index in [1.165, 1.54) is 12.3 Å². The van der Waals surface area contributed by atoms with Gasteiger partial charge in [-0.2, -0.15) is 0 Å². The highest BCUT2D eigenvalue weighted by molar-refractivity contribution is 6.30. The molecule has 6 nitrogen and oxygen atoms in total. The van der Waals surface area contributed by atoms with Crippen molar-refractivity contribution in [1.82, 2.24) is 20.3 Å². The zero-order valence-corrected chi connectivity index (χ0v) is 14.8. The maximum atomic E-state index is 12.4. The lowest BCUT2D eigenvalue weighted by molar-refractivity contribution is 0.0924.